The SMILES string of the molecule is CC(C)(C)OC(=O)N[C@@H](Cc1nc(C(N)=S)c(C(N)=S)s1)C(=O)OC(C)(C)C. The highest BCUT2D eigenvalue weighted by Crippen LogP contribution is 2.21. The molecule has 0 aliphatic heterocycles. The lowest BCUT2D eigenvalue weighted by Gasteiger charge is -2.26. The maximum absolute atomic E-state index is 12.6. The predicted octanol–water partition coefficient (Wildman–Crippen LogP) is 2.19. The Hall–Kier alpha value is -1.85. The molecule has 0 saturated carbocycles. The number of nitrogens with zero attached hydrogens (tertiary/aromatic N) is 1. The first-order chi connectivity index (χ1) is 12.6. The van der Waals surface area contributed by atoms with Gasteiger partial charge in [-0.3, -0.25) is 0 Å². The van der Waals surface area contributed by atoms with E-state index in [0.717, 1.165) is 11.3 Å². The molecular formula is C17H26N4O4S3. The van der Waals surface area contributed by atoms with Crippen molar-refractivity contribution in [2.45, 2.75) is 65.2 Å². The normalized spacial score (nSPS) is 12.8. The Bertz CT molecular complexity index is 747. The molecular weight excluding hydrogens is 420 g/mol. The summed E-state index contributed by atoms with van der Waals surface area (Å²) in [7, 11) is 0. The zero-order valence-corrected chi connectivity index (χ0v) is 19.2. The van der Waals surface area contributed by atoms with Crippen molar-refractivity contribution in [1.29, 1.82) is 0 Å². The number of rotatable bonds is 6. The summed E-state index contributed by atoms with van der Waals surface area (Å²) >= 11 is 11.1. The third kappa shape index (κ3) is 8.03. The smallest absolute Gasteiger partial charge is 0.408 e. The number of thiocarbonyl (C=S) groups is 2. The monoisotopic (exact) mass is 446 g/mol. The van der Waals surface area contributed by atoms with Crippen LogP contribution in [0.25, 0.3) is 0 Å². The standard InChI is InChI=1S/C17H26N4O4S3/c1-16(2,3)24-14(22)8(20-15(23)25-17(4,5)6)7-9-21-10(12(18)26)11(28-9)13(19)27/h8H,7H2,1-6H3,(H2,18,26)(H2,19,27)(H,20,23)/t8-/m0/s1. The quantitative estimate of drug-likeness (QED) is 0.444. The average Bonchev–Trinajstić information content (AvgIpc) is 2.87. The van der Waals surface area contributed by atoms with Crippen molar-refractivity contribution >= 4 is 57.8 Å². The van der Waals surface area contributed by atoms with E-state index in [9.17, 15) is 9.59 Å². The van der Waals surface area contributed by atoms with Crippen molar-refractivity contribution in [3.8, 4) is 0 Å². The van der Waals surface area contributed by atoms with Gasteiger partial charge in [0.2, 0.25) is 0 Å². The number of thiazole rings is 1. The molecule has 5 N–H and O–H groups in total. The summed E-state index contributed by atoms with van der Waals surface area (Å²) < 4.78 is 10.6. The first-order valence-electron chi connectivity index (χ1n) is 8.40. The van der Waals surface area contributed by atoms with Crippen LogP contribution in [0.5, 0.6) is 0 Å². The Kier molecular flexibility index (Phi) is 7.86. The number of nitrogens with one attached hydrogen (secondary N) is 1. The van der Waals surface area contributed by atoms with Crippen molar-refractivity contribution in [1.82, 2.24) is 10.3 Å². The Labute approximate surface area is 179 Å². The molecule has 0 aromatic carbocycles. The second-order valence-electron chi connectivity index (χ2n) is 7.95. The summed E-state index contributed by atoms with van der Waals surface area (Å²) in [5, 5.41) is 3.00. The zero-order valence-electron chi connectivity index (χ0n) is 16.7. The van der Waals surface area contributed by atoms with Gasteiger partial charge < -0.3 is 26.3 Å². The van der Waals surface area contributed by atoms with Gasteiger partial charge in [-0.15, -0.1) is 11.3 Å². The molecule has 28 heavy (non-hydrogen) atoms. The number of esters is 1. The molecule has 1 aromatic rings. The van der Waals surface area contributed by atoms with Crippen molar-refractivity contribution in [2.24, 2.45) is 11.5 Å². The largest absolute Gasteiger partial charge is 0.458 e. The van der Waals surface area contributed by atoms with Crippen LogP contribution < -0.4 is 16.8 Å². The van der Waals surface area contributed by atoms with E-state index in [1.54, 1.807) is 41.5 Å². The van der Waals surface area contributed by atoms with Gasteiger partial charge in [0.25, 0.3) is 0 Å². The molecule has 0 saturated heterocycles. The fourth-order valence-electron chi connectivity index (χ4n) is 1.98. The van der Waals surface area contributed by atoms with Crippen molar-refractivity contribution in [2.75, 3.05) is 0 Å². The number of carbonyl (C=O) groups is 2. The molecule has 156 valence electrons. The van der Waals surface area contributed by atoms with Gasteiger partial charge in [0.15, 0.2) is 0 Å². The molecule has 1 amide bonds. The van der Waals surface area contributed by atoms with E-state index in [1.807, 2.05) is 0 Å². The lowest BCUT2D eigenvalue weighted by Crippen LogP contribution is -2.47. The predicted molar refractivity (Wildman–Crippen MR) is 117 cm³/mol. The molecule has 0 aliphatic carbocycles. The molecule has 0 fully saturated rings. The van der Waals surface area contributed by atoms with E-state index >= 15 is 0 Å². The fraction of sp³-hybridized carbons (Fsp3) is 0.588. The van der Waals surface area contributed by atoms with Gasteiger partial charge in [-0.1, -0.05) is 24.4 Å². The minimum Gasteiger partial charge on any atom is -0.458 e. The van der Waals surface area contributed by atoms with E-state index in [-0.39, 0.29) is 16.4 Å². The highest BCUT2D eigenvalue weighted by atomic mass is 32.1. The lowest BCUT2D eigenvalue weighted by atomic mass is 10.1. The minimum absolute atomic E-state index is 0.0387. The highest BCUT2D eigenvalue weighted by molar-refractivity contribution is 7.81. The molecule has 1 atom stereocenters. The molecule has 11 heteroatoms. The van der Waals surface area contributed by atoms with Crippen LogP contribution in [0.3, 0.4) is 0 Å². The number of hydrogen-bond donors (Lipinski definition) is 3. The van der Waals surface area contributed by atoms with Gasteiger partial charge in [-0.2, -0.15) is 0 Å². The van der Waals surface area contributed by atoms with Crippen molar-refractivity contribution in [3.63, 3.8) is 0 Å². The minimum atomic E-state index is -1.03. The summed E-state index contributed by atoms with van der Waals surface area (Å²) in [5.41, 5.74) is 10.2. The van der Waals surface area contributed by atoms with E-state index < -0.39 is 29.3 Å². The van der Waals surface area contributed by atoms with Crippen LogP contribution in [0.2, 0.25) is 0 Å². The lowest BCUT2D eigenvalue weighted by molar-refractivity contribution is -0.157. The molecule has 1 rings (SSSR count). The Balaban J connectivity index is 3.13. The molecule has 1 aromatic heterocycles. The third-order valence-corrected chi connectivity index (χ3v) is 4.53. The summed E-state index contributed by atoms with van der Waals surface area (Å²) in [6.07, 6.45) is -0.708. The van der Waals surface area contributed by atoms with Crippen LogP contribution in [0.15, 0.2) is 0 Å². The first-order valence-corrected chi connectivity index (χ1v) is 10.0. The van der Waals surface area contributed by atoms with E-state index in [1.165, 1.54) is 0 Å². The molecule has 0 bridgehead atoms. The summed E-state index contributed by atoms with van der Waals surface area (Å²) in [5.74, 6) is -0.623. The van der Waals surface area contributed by atoms with E-state index in [4.69, 9.17) is 45.4 Å². The second-order valence-corrected chi connectivity index (χ2v) is 9.91. The maximum atomic E-state index is 12.6. The number of amides is 1. The van der Waals surface area contributed by atoms with Crippen LogP contribution >= 0.6 is 35.8 Å². The van der Waals surface area contributed by atoms with E-state index in [2.05, 4.69) is 10.3 Å². The topological polar surface area (TPSA) is 130 Å². The van der Waals surface area contributed by atoms with Crippen LogP contribution in [0.1, 0.15) is 57.1 Å². The number of nitrogens with two attached hydrogens (primary N) is 2. The zero-order chi connectivity index (χ0) is 21.9. The molecule has 0 unspecified atom stereocenters. The van der Waals surface area contributed by atoms with Gasteiger partial charge >= 0.3 is 12.1 Å². The first kappa shape index (κ1) is 24.2. The molecule has 1 heterocycles. The highest BCUT2D eigenvalue weighted by Gasteiger charge is 2.30. The summed E-state index contributed by atoms with van der Waals surface area (Å²) in [4.78, 5) is 29.7. The van der Waals surface area contributed by atoms with Gasteiger partial charge in [0, 0.05) is 6.42 Å². The van der Waals surface area contributed by atoms with Gasteiger partial charge in [-0.05, 0) is 41.5 Å². The van der Waals surface area contributed by atoms with Crippen molar-refractivity contribution in [3.05, 3.63) is 15.6 Å². The Morgan fingerprint density at radius 1 is 1.07 bits per heavy atom. The number of hydrogen-bond acceptors (Lipinski definition) is 8. The number of alkyl carbamates (subject to hydrolysis) is 1. The maximum Gasteiger partial charge on any atom is 0.408 e. The Morgan fingerprint density at radius 2 is 1.61 bits per heavy atom. The molecule has 0 spiro atoms. The van der Waals surface area contributed by atoms with Crippen LogP contribution in [-0.4, -0.2) is 44.3 Å². The van der Waals surface area contributed by atoms with Crippen molar-refractivity contribution < 1.29 is 19.1 Å². The van der Waals surface area contributed by atoms with Crippen LogP contribution in [-0.2, 0) is 20.7 Å². The summed E-state index contributed by atoms with van der Waals surface area (Å²) in [6, 6.07) is -1.03. The summed E-state index contributed by atoms with van der Waals surface area (Å²) in [6.45, 7) is 10.4. The number of ether oxygens (including phenoxy) is 2. The number of aromatic nitrogens is 1. The second kappa shape index (κ2) is 9.10. The molecule has 8 nitrogen and oxygen atoms in total. The van der Waals surface area contributed by atoms with Gasteiger partial charge in [0.1, 0.15) is 32.9 Å². The van der Waals surface area contributed by atoms with Crippen LogP contribution in [0.4, 0.5) is 4.79 Å². The van der Waals surface area contributed by atoms with E-state index in [0.29, 0.717) is 15.6 Å². The molecule has 0 radical (unpaired) electrons. The number of carbonyl (C=O) groups excluding carboxylic acids is 2. The van der Waals surface area contributed by atoms with Gasteiger partial charge in [-0.25, -0.2) is 14.6 Å². The molecule has 0 aliphatic rings. The third-order valence-electron chi connectivity index (χ3n) is 2.89. The average molecular weight is 447 g/mol. The Morgan fingerprint density at radius 3 is 2.00 bits per heavy atom. The van der Waals surface area contributed by atoms with Crippen LogP contribution in [0, 0.1) is 0 Å². The van der Waals surface area contributed by atoms with Gasteiger partial charge in [0.05, 0.1) is 9.88 Å². The fourth-order valence-corrected chi connectivity index (χ4v) is 3.39.